The molecule has 0 radical (unpaired) electrons. The lowest BCUT2D eigenvalue weighted by atomic mass is 9.97. The van der Waals surface area contributed by atoms with Gasteiger partial charge < -0.3 is 4.74 Å². The van der Waals surface area contributed by atoms with Crippen molar-refractivity contribution < 1.29 is 4.74 Å². The Balaban J connectivity index is 1.77. The summed E-state index contributed by atoms with van der Waals surface area (Å²) in [6.07, 6.45) is 5.55. The van der Waals surface area contributed by atoms with E-state index in [1.165, 1.54) is 0 Å². The van der Waals surface area contributed by atoms with Crippen LogP contribution < -0.4 is 5.56 Å². The first-order chi connectivity index (χ1) is 12.7. The van der Waals surface area contributed by atoms with Crippen LogP contribution in [0.1, 0.15) is 24.5 Å². The Morgan fingerprint density at radius 2 is 2.04 bits per heavy atom. The number of hydrogen-bond acceptors (Lipinski definition) is 4. The van der Waals surface area contributed by atoms with E-state index in [2.05, 4.69) is 10.2 Å². The molecule has 132 valence electrons. The fourth-order valence-electron chi connectivity index (χ4n) is 3.76. The van der Waals surface area contributed by atoms with Crippen LogP contribution in [0, 0.1) is 0 Å². The molecule has 0 amide bonds. The summed E-state index contributed by atoms with van der Waals surface area (Å²) in [7, 11) is 1.80. The van der Waals surface area contributed by atoms with Gasteiger partial charge in [0.15, 0.2) is 0 Å². The summed E-state index contributed by atoms with van der Waals surface area (Å²) in [6.45, 7) is 1.53. The summed E-state index contributed by atoms with van der Waals surface area (Å²) in [6, 6.07) is 7.87. The SMILES string of the molecule is Cn1c(=O)c2ccc(-c3cn[nH]c3)cc2n2nc(C3CCOCC3)cc12. The summed E-state index contributed by atoms with van der Waals surface area (Å²) in [5.74, 6) is 0.380. The predicted octanol–water partition coefficient (Wildman–Crippen LogP) is 2.47. The van der Waals surface area contributed by atoms with E-state index in [-0.39, 0.29) is 5.56 Å². The number of benzene rings is 1. The molecular weight excluding hydrogens is 330 g/mol. The smallest absolute Gasteiger partial charge is 0.261 e. The average molecular weight is 349 g/mol. The standard InChI is InChI=1S/C19H19N5O2/c1-23-18-9-16(12-4-6-26-7-5-12)22-24(18)17-8-13(14-10-20-21-11-14)2-3-15(17)19(23)25/h2-3,8-12H,4-7H2,1H3,(H,20,21). The van der Waals surface area contributed by atoms with E-state index >= 15 is 0 Å². The van der Waals surface area contributed by atoms with Gasteiger partial charge >= 0.3 is 0 Å². The minimum Gasteiger partial charge on any atom is -0.381 e. The van der Waals surface area contributed by atoms with Gasteiger partial charge in [-0.2, -0.15) is 10.2 Å². The predicted molar refractivity (Wildman–Crippen MR) is 98.3 cm³/mol. The Hall–Kier alpha value is -2.93. The molecule has 3 aromatic heterocycles. The van der Waals surface area contributed by atoms with E-state index in [9.17, 15) is 4.79 Å². The lowest BCUT2D eigenvalue weighted by molar-refractivity contribution is 0.0844. The van der Waals surface area contributed by atoms with E-state index in [1.807, 2.05) is 35.0 Å². The number of aromatic nitrogens is 5. The lowest BCUT2D eigenvalue weighted by Gasteiger charge is -2.19. The van der Waals surface area contributed by atoms with E-state index in [0.717, 1.165) is 54.0 Å². The van der Waals surface area contributed by atoms with Crippen LogP contribution in [0.5, 0.6) is 0 Å². The van der Waals surface area contributed by atoms with Crippen molar-refractivity contribution in [2.45, 2.75) is 18.8 Å². The fourth-order valence-corrected chi connectivity index (χ4v) is 3.76. The average Bonchev–Trinajstić information content (AvgIpc) is 3.36. The normalized spacial score (nSPS) is 15.9. The molecule has 0 atom stereocenters. The first-order valence-corrected chi connectivity index (χ1v) is 8.82. The van der Waals surface area contributed by atoms with Crippen LogP contribution in [0.15, 0.2) is 41.5 Å². The van der Waals surface area contributed by atoms with Gasteiger partial charge in [0, 0.05) is 44.0 Å². The van der Waals surface area contributed by atoms with E-state index in [4.69, 9.17) is 9.84 Å². The monoisotopic (exact) mass is 349 g/mol. The topological polar surface area (TPSA) is 77.2 Å². The van der Waals surface area contributed by atoms with E-state index in [1.54, 1.807) is 17.8 Å². The van der Waals surface area contributed by atoms with Crippen molar-refractivity contribution in [1.29, 1.82) is 0 Å². The number of nitrogens with one attached hydrogen (secondary N) is 1. The molecular formula is C19H19N5O2. The van der Waals surface area contributed by atoms with Gasteiger partial charge in [-0.15, -0.1) is 0 Å². The molecule has 4 heterocycles. The lowest BCUT2D eigenvalue weighted by Crippen LogP contribution is -2.19. The summed E-state index contributed by atoms with van der Waals surface area (Å²) >= 11 is 0. The zero-order valence-electron chi connectivity index (χ0n) is 14.5. The van der Waals surface area contributed by atoms with Crippen LogP contribution in [0.4, 0.5) is 0 Å². The van der Waals surface area contributed by atoms with Crippen LogP contribution in [0.25, 0.3) is 27.7 Å². The molecule has 7 nitrogen and oxygen atoms in total. The molecule has 26 heavy (non-hydrogen) atoms. The highest BCUT2D eigenvalue weighted by atomic mass is 16.5. The molecule has 5 rings (SSSR count). The van der Waals surface area contributed by atoms with Gasteiger partial charge in [0.05, 0.1) is 22.8 Å². The number of rotatable bonds is 2. The second kappa shape index (κ2) is 5.81. The zero-order valence-corrected chi connectivity index (χ0v) is 14.5. The number of aryl methyl sites for hydroxylation is 1. The Kier molecular flexibility index (Phi) is 3.43. The van der Waals surface area contributed by atoms with Crippen LogP contribution in [-0.2, 0) is 11.8 Å². The minimum absolute atomic E-state index is 0.00956. The van der Waals surface area contributed by atoms with Crippen LogP contribution in [0.2, 0.25) is 0 Å². The van der Waals surface area contributed by atoms with Gasteiger partial charge in [-0.1, -0.05) is 6.07 Å². The number of hydrogen-bond donors (Lipinski definition) is 1. The molecule has 1 N–H and O–H groups in total. The van der Waals surface area contributed by atoms with Crippen LogP contribution >= 0.6 is 0 Å². The molecule has 0 spiro atoms. The molecule has 4 aromatic rings. The summed E-state index contributed by atoms with van der Waals surface area (Å²) in [4.78, 5) is 12.8. The Morgan fingerprint density at radius 3 is 2.81 bits per heavy atom. The molecule has 1 aromatic carbocycles. The van der Waals surface area contributed by atoms with Gasteiger partial charge in [0.1, 0.15) is 5.65 Å². The second-order valence-electron chi connectivity index (χ2n) is 6.81. The zero-order chi connectivity index (χ0) is 17.7. The quantitative estimate of drug-likeness (QED) is 0.603. The van der Waals surface area contributed by atoms with Crippen molar-refractivity contribution in [2.75, 3.05) is 13.2 Å². The summed E-state index contributed by atoms with van der Waals surface area (Å²) in [5.41, 5.74) is 4.64. The second-order valence-corrected chi connectivity index (χ2v) is 6.81. The van der Waals surface area contributed by atoms with Gasteiger partial charge in [-0.3, -0.25) is 14.5 Å². The Morgan fingerprint density at radius 1 is 1.19 bits per heavy atom. The highest BCUT2D eigenvalue weighted by molar-refractivity contribution is 5.85. The third-order valence-corrected chi connectivity index (χ3v) is 5.29. The van der Waals surface area contributed by atoms with Gasteiger partial charge in [-0.25, -0.2) is 4.52 Å². The maximum atomic E-state index is 12.8. The number of aromatic amines is 1. The van der Waals surface area contributed by atoms with Gasteiger partial charge in [-0.05, 0) is 30.5 Å². The molecule has 1 saturated heterocycles. The van der Waals surface area contributed by atoms with Gasteiger partial charge in [0.2, 0.25) is 0 Å². The summed E-state index contributed by atoms with van der Waals surface area (Å²) < 4.78 is 9.04. The minimum atomic E-state index is -0.00956. The number of H-pyrrole nitrogens is 1. The largest absolute Gasteiger partial charge is 0.381 e. The molecule has 0 bridgehead atoms. The van der Waals surface area contributed by atoms with Crippen molar-refractivity contribution in [3.05, 3.63) is 52.7 Å². The van der Waals surface area contributed by atoms with E-state index in [0.29, 0.717) is 11.3 Å². The van der Waals surface area contributed by atoms with Crippen LogP contribution in [-0.4, -0.2) is 37.6 Å². The molecule has 7 heteroatoms. The highest BCUT2D eigenvalue weighted by Gasteiger charge is 2.21. The number of fused-ring (bicyclic) bond motifs is 3. The Bertz CT molecular complexity index is 1150. The molecule has 0 aliphatic carbocycles. The first kappa shape index (κ1) is 15.3. The Labute approximate surface area is 149 Å². The van der Waals surface area contributed by atoms with Crippen LogP contribution in [0.3, 0.4) is 0 Å². The van der Waals surface area contributed by atoms with Gasteiger partial charge in [0.25, 0.3) is 5.56 Å². The molecule has 0 saturated carbocycles. The number of ether oxygens (including phenoxy) is 1. The maximum Gasteiger partial charge on any atom is 0.261 e. The van der Waals surface area contributed by atoms with Crippen molar-refractivity contribution in [1.82, 2.24) is 24.4 Å². The third kappa shape index (κ3) is 2.28. The van der Waals surface area contributed by atoms with E-state index < -0.39 is 0 Å². The van der Waals surface area contributed by atoms with Crippen molar-refractivity contribution in [3.8, 4) is 11.1 Å². The first-order valence-electron chi connectivity index (χ1n) is 8.82. The molecule has 1 aliphatic heterocycles. The third-order valence-electron chi connectivity index (χ3n) is 5.29. The highest BCUT2D eigenvalue weighted by Crippen LogP contribution is 2.28. The molecule has 1 fully saturated rings. The fraction of sp³-hybridized carbons (Fsp3) is 0.316. The van der Waals surface area contributed by atoms with Crippen molar-refractivity contribution in [3.63, 3.8) is 0 Å². The molecule has 1 aliphatic rings. The molecule has 0 unspecified atom stereocenters. The summed E-state index contributed by atoms with van der Waals surface area (Å²) in [5, 5.41) is 12.4. The van der Waals surface area contributed by atoms with Crippen molar-refractivity contribution >= 4 is 16.6 Å². The maximum absolute atomic E-state index is 12.8. The number of nitrogens with zero attached hydrogens (tertiary/aromatic N) is 4. The van der Waals surface area contributed by atoms with Crippen molar-refractivity contribution in [2.24, 2.45) is 7.05 Å².